The summed E-state index contributed by atoms with van der Waals surface area (Å²) in [7, 11) is 0. The van der Waals surface area contributed by atoms with E-state index >= 15 is 0 Å². The molecule has 4 heteroatoms. The lowest BCUT2D eigenvalue weighted by molar-refractivity contribution is 0.102. The van der Waals surface area contributed by atoms with Gasteiger partial charge >= 0.3 is 0 Å². The zero-order chi connectivity index (χ0) is 20.8. The van der Waals surface area contributed by atoms with E-state index in [9.17, 15) is 4.79 Å². The Bertz CT molecular complexity index is 1010. The van der Waals surface area contributed by atoms with Gasteiger partial charge in [0.25, 0.3) is 5.91 Å². The first-order valence-electron chi connectivity index (χ1n) is 9.81. The van der Waals surface area contributed by atoms with E-state index in [0.717, 1.165) is 39.4 Å². The molecule has 0 aromatic heterocycles. The second-order valence-corrected chi connectivity index (χ2v) is 7.01. The number of hydrogen-bond donors (Lipinski definition) is 1. The summed E-state index contributed by atoms with van der Waals surface area (Å²) in [6.07, 6.45) is 0. The molecule has 0 saturated heterocycles. The van der Waals surface area contributed by atoms with Gasteiger partial charge in [-0.2, -0.15) is 0 Å². The summed E-state index contributed by atoms with van der Waals surface area (Å²) in [5.41, 5.74) is 5.49. The van der Waals surface area contributed by atoms with Crippen molar-refractivity contribution >= 4 is 11.6 Å². The third-order valence-electron chi connectivity index (χ3n) is 4.95. The second-order valence-electron chi connectivity index (χ2n) is 7.01. The van der Waals surface area contributed by atoms with Crippen LogP contribution in [0.15, 0.2) is 60.7 Å². The molecular formula is C25H27NO3. The number of carbonyl (C=O) groups excluding carboxylic acids is 1. The Kier molecular flexibility index (Phi) is 6.55. The molecule has 0 bridgehead atoms. The number of hydrogen-bond acceptors (Lipinski definition) is 3. The summed E-state index contributed by atoms with van der Waals surface area (Å²) in [5.74, 6) is 1.39. The van der Waals surface area contributed by atoms with Crippen molar-refractivity contribution in [3.8, 4) is 11.5 Å². The van der Waals surface area contributed by atoms with Crippen LogP contribution in [0, 0.1) is 20.8 Å². The number of benzene rings is 3. The molecule has 0 saturated carbocycles. The van der Waals surface area contributed by atoms with Gasteiger partial charge in [0.2, 0.25) is 0 Å². The molecule has 150 valence electrons. The van der Waals surface area contributed by atoms with E-state index in [4.69, 9.17) is 9.47 Å². The van der Waals surface area contributed by atoms with Crippen molar-refractivity contribution in [1.82, 2.24) is 0 Å². The Balaban J connectivity index is 1.82. The first-order valence-corrected chi connectivity index (χ1v) is 9.81. The third kappa shape index (κ3) is 4.96. The first kappa shape index (κ1) is 20.5. The molecule has 0 spiro atoms. The minimum Gasteiger partial charge on any atom is -0.493 e. The van der Waals surface area contributed by atoms with E-state index < -0.39 is 0 Å². The first-order chi connectivity index (χ1) is 14.0. The van der Waals surface area contributed by atoms with Crippen LogP contribution < -0.4 is 14.8 Å². The largest absolute Gasteiger partial charge is 0.493 e. The molecule has 0 fully saturated rings. The molecule has 0 radical (unpaired) electrons. The number of aryl methyl sites for hydroxylation is 2. The van der Waals surface area contributed by atoms with Crippen LogP contribution in [-0.2, 0) is 6.61 Å². The van der Waals surface area contributed by atoms with E-state index in [1.54, 1.807) is 6.07 Å². The average molecular weight is 389 g/mol. The fraction of sp³-hybridized carbons (Fsp3) is 0.240. The highest BCUT2D eigenvalue weighted by Gasteiger charge is 2.13. The van der Waals surface area contributed by atoms with Crippen LogP contribution in [0.3, 0.4) is 0 Å². The molecule has 3 rings (SSSR count). The van der Waals surface area contributed by atoms with Crippen molar-refractivity contribution in [2.24, 2.45) is 0 Å². The normalized spacial score (nSPS) is 10.5. The minimum atomic E-state index is -0.154. The maximum atomic E-state index is 12.8. The summed E-state index contributed by atoms with van der Waals surface area (Å²) in [6.45, 7) is 8.85. The van der Waals surface area contributed by atoms with Crippen molar-refractivity contribution in [2.45, 2.75) is 34.3 Å². The molecular weight excluding hydrogens is 362 g/mol. The zero-order valence-electron chi connectivity index (χ0n) is 17.4. The van der Waals surface area contributed by atoms with Crippen LogP contribution in [0.25, 0.3) is 0 Å². The molecule has 1 amide bonds. The quantitative estimate of drug-likeness (QED) is 0.552. The van der Waals surface area contributed by atoms with Crippen LogP contribution >= 0.6 is 0 Å². The van der Waals surface area contributed by atoms with Crippen molar-refractivity contribution < 1.29 is 14.3 Å². The number of nitrogens with one attached hydrogen (secondary N) is 1. The summed E-state index contributed by atoms with van der Waals surface area (Å²) >= 11 is 0. The molecule has 0 aliphatic rings. The SMILES string of the molecule is CCOc1ccc(C(=O)Nc2cccc(C)c2C)cc1COc1ccccc1C. The van der Waals surface area contributed by atoms with E-state index in [-0.39, 0.29) is 5.91 Å². The molecule has 1 N–H and O–H groups in total. The Hall–Kier alpha value is -3.27. The molecule has 0 aliphatic carbocycles. The standard InChI is InChI=1S/C25H27NO3/c1-5-28-24-14-13-20(25(27)26-22-11-8-10-17(2)19(22)4)15-21(24)16-29-23-12-7-6-9-18(23)3/h6-15H,5,16H2,1-4H3,(H,26,27). The maximum Gasteiger partial charge on any atom is 0.255 e. The lowest BCUT2D eigenvalue weighted by atomic mass is 10.1. The van der Waals surface area contributed by atoms with Crippen molar-refractivity contribution in [3.63, 3.8) is 0 Å². The van der Waals surface area contributed by atoms with E-state index in [2.05, 4.69) is 5.32 Å². The van der Waals surface area contributed by atoms with E-state index in [1.807, 2.05) is 82.3 Å². The van der Waals surface area contributed by atoms with Gasteiger partial charge < -0.3 is 14.8 Å². The summed E-state index contributed by atoms with van der Waals surface area (Å²) in [5, 5.41) is 3.01. The van der Waals surface area contributed by atoms with Gasteiger partial charge in [0, 0.05) is 16.8 Å². The molecule has 3 aromatic carbocycles. The van der Waals surface area contributed by atoms with Crippen LogP contribution in [0.1, 0.15) is 39.5 Å². The van der Waals surface area contributed by atoms with Crippen molar-refractivity contribution in [2.75, 3.05) is 11.9 Å². The highest BCUT2D eigenvalue weighted by molar-refractivity contribution is 6.05. The van der Waals surface area contributed by atoms with Gasteiger partial charge in [-0.25, -0.2) is 0 Å². The van der Waals surface area contributed by atoms with Gasteiger partial charge in [-0.05, 0) is 74.7 Å². The molecule has 4 nitrogen and oxygen atoms in total. The molecule has 0 atom stereocenters. The van der Waals surface area contributed by atoms with Gasteiger partial charge in [-0.15, -0.1) is 0 Å². The van der Waals surface area contributed by atoms with Crippen LogP contribution in [-0.4, -0.2) is 12.5 Å². The van der Waals surface area contributed by atoms with Gasteiger partial charge in [-0.3, -0.25) is 4.79 Å². The molecule has 29 heavy (non-hydrogen) atoms. The number of para-hydroxylation sites is 1. The topological polar surface area (TPSA) is 47.6 Å². The Labute approximate surface area is 172 Å². The number of amides is 1. The predicted molar refractivity (Wildman–Crippen MR) is 117 cm³/mol. The average Bonchev–Trinajstić information content (AvgIpc) is 2.72. The Morgan fingerprint density at radius 1 is 0.862 bits per heavy atom. The molecule has 0 unspecified atom stereocenters. The molecule has 3 aromatic rings. The highest BCUT2D eigenvalue weighted by atomic mass is 16.5. The molecule has 0 heterocycles. The van der Waals surface area contributed by atoms with Gasteiger partial charge in [0.1, 0.15) is 18.1 Å². The summed E-state index contributed by atoms with van der Waals surface area (Å²) in [6, 6.07) is 19.2. The van der Waals surface area contributed by atoms with E-state index in [1.165, 1.54) is 0 Å². The van der Waals surface area contributed by atoms with Gasteiger partial charge in [0.15, 0.2) is 0 Å². The fourth-order valence-electron chi connectivity index (χ4n) is 3.08. The maximum absolute atomic E-state index is 12.8. The third-order valence-corrected chi connectivity index (χ3v) is 4.95. The second kappa shape index (κ2) is 9.28. The van der Waals surface area contributed by atoms with Crippen LogP contribution in [0.5, 0.6) is 11.5 Å². The fourth-order valence-corrected chi connectivity index (χ4v) is 3.08. The van der Waals surface area contributed by atoms with Crippen molar-refractivity contribution in [3.05, 3.63) is 88.5 Å². The predicted octanol–water partition coefficient (Wildman–Crippen LogP) is 5.84. The minimum absolute atomic E-state index is 0.154. The Morgan fingerprint density at radius 3 is 2.38 bits per heavy atom. The van der Waals surface area contributed by atoms with E-state index in [0.29, 0.717) is 18.8 Å². The van der Waals surface area contributed by atoms with Crippen LogP contribution in [0.4, 0.5) is 5.69 Å². The smallest absolute Gasteiger partial charge is 0.255 e. The number of carbonyl (C=O) groups is 1. The van der Waals surface area contributed by atoms with Gasteiger partial charge in [-0.1, -0.05) is 30.3 Å². The Morgan fingerprint density at radius 2 is 1.62 bits per heavy atom. The summed E-state index contributed by atoms with van der Waals surface area (Å²) in [4.78, 5) is 12.8. The van der Waals surface area contributed by atoms with Gasteiger partial charge in [0.05, 0.1) is 6.61 Å². The zero-order valence-corrected chi connectivity index (χ0v) is 17.4. The highest BCUT2D eigenvalue weighted by Crippen LogP contribution is 2.25. The summed E-state index contributed by atoms with van der Waals surface area (Å²) < 4.78 is 11.7. The number of anilines is 1. The lowest BCUT2D eigenvalue weighted by Gasteiger charge is -2.15. The number of rotatable bonds is 7. The monoisotopic (exact) mass is 389 g/mol. The van der Waals surface area contributed by atoms with Crippen LogP contribution in [0.2, 0.25) is 0 Å². The molecule has 0 aliphatic heterocycles. The lowest BCUT2D eigenvalue weighted by Crippen LogP contribution is -2.14. The van der Waals surface area contributed by atoms with Crippen molar-refractivity contribution in [1.29, 1.82) is 0 Å². The number of ether oxygens (including phenoxy) is 2.